The summed E-state index contributed by atoms with van der Waals surface area (Å²) in [6.07, 6.45) is 0.599. The van der Waals surface area contributed by atoms with Gasteiger partial charge in [0, 0.05) is 24.9 Å². The average Bonchev–Trinajstić information content (AvgIpc) is 2.81. The van der Waals surface area contributed by atoms with Crippen molar-refractivity contribution in [3.8, 4) is 0 Å². The highest BCUT2D eigenvalue weighted by Gasteiger charge is 2.25. The SMILES string of the molecule is CC1CN(C(=O)CCn2nc(Cl)c3ccccc32)CC(C)O1. The highest BCUT2D eigenvalue weighted by Crippen LogP contribution is 2.22. The summed E-state index contributed by atoms with van der Waals surface area (Å²) in [6, 6.07) is 7.79. The Labute approximate surface area is 134 Å². The molecule has 2 atom stereocenters. The molecule has 118 valence electrons. The maximum absolute atomic E-state index is 12.4. The number of morpholine rings is 1. The lowest BCUT2D eigenvalue weighted by atomic mass is 10.2. The lowest BCUT2D eigenvalue weighted by Crippen LogP contribution is -2.48. The van der Waals surface area contributed by atoms with Crippen LogP contribution in [0, 0.1) is 0 Å². The van der Waals surface area contributed by atoms with Crippen molar-refractivity contribution in [3.63, 3.8) is 0 Å². The van der Waals surface area contributed by atoms with E-state index in [2.05, 4.69) is 5.10 Å². The van der Waals surface area contributed by atoms with E-state index in [1.165, 1.54) is 0 Å². The number of aryl methyl sites for hydroxylation is 1. The van der Waals surface area contributed by atoms with Crippen LogP contribution in [0.1, 0.15) is 20.3 Å². The molecule has 5 nitrogen and oxygen atoms in total. The molecular weight excluding hydrogens is 302 g/mol. The Morgan fingerprint density at radius 2 is 2.00 bits per heavy atom. The molecule has 2 heterocycles. The van der Waals surface area contributed by atoms with Gasteiger partial charge in [0.1, 0.15) is 0 Å². The molecule has 0 spiro atoms. The standard InChI is InChI=1S/C16H20ClN3O2/c1-11-9-19(10-12(2)22-11)15(21)7-8-20-14-6-4-3-5-13(14)16(17)18-20/h3-6,11-12H,7-10H2,1-2H3. The van der Waals surface area contributed by atoms with E-state index in [1.54, 1.807) is 0 Å². The summed E-state index contributed by atoms with van der Waals surface area (Å²) in [4.78, 5) is 14.3. The average molecular weight is 322 g/mol. The number of rotatable bonds is 3. The molecule has 1 aromatic carbocycles. The number of carbonyl (C=O) groups excluding carboxylic acids is 1. The van der Waals surface area contributed by atoms with Gasteiger partial charge in [-0.15, -0.1) is 0 Å². The Kier molecular flexibility index (Phi) is 4.36. The first-order chi connectivity index (χ1) is 10.5. The second kappa shape index (κ2) is 6.26. The van der Waals surface area contributed by atoms with Crippen LogP contribution in [0.5, 0.6) is 0 Å². The van der Waals surface area contributed by atoms with E-state index in [-0.39, 0.29) is 18.1 Å². The summed E-state index contributed by atoms with van der Waals surface area (Å²) in [5, 5.41) is 5.73. The second-order valence-electron chi connectivity index (χ2n) is 5.84. The van der Waals surface area contributed by atoms with Crippen LogP contribution in [0.3, 0.4) is 0 Å². The van der Waals surface area contributed by atoms with Crippen molar-refractivity contribution in [1.29, 1.82) is 0 Å². The molecule has 2 unspecified atom stereocenters. The Hall–Kier alpha value is -1.59. The largest absolute Gasteiger partial charge is 0.372 e. The Morgan fingerprint density at radius 1 is 1.32 bits per heavy atom. The van der Waals surface area contributed by atoms with Crippen LogP contribution in [-0.4, -0.2) is 45.9 Å². The smallest absolute Gasteiger partial charge is 0.224 e. The number of para-hydroxylation sites is 1. The molecule has 1 fully saturated rings. The molecule has 0 saturated carbocycles. The summed E-state index contributed by atoms with van der Waals surface area (Å²) < 4.78 is 7.47. The van der Waals surface area contributed by atoms with Crippen LogP contribution in [0.4, 0.5) is 0 Å². The molecule has 0 bridgehead atoms. The van der Waals surface area contributed by atoms with E-state index < -0.39 is 0 Å². The molecule has 2 aromatic rings. The van der Waals surface area contributed by atoms with Gasteiger partial charge in [-0.1, -0.05) is 23.7 Å². The first kappa shape index (κ1) is 15.3. The number of hydrogen-bond acceptors (Lipinski definition) is 3. The first-order valence-electron chi connectivity index (χ1n) is 7.59. The van der Waals surface area contributed by atoms with Crippen LogP contribution in [0.25, 0.3) is 10.9 Å². The van der Waals surface area contributed by atoms with Gasteiger partial charge in [-0.2, -0.15) is 5.10 Å². The van der Waals surface area contributed by atoms with Crippen LogP contribution in [0.15, 0.2) is 24.3 Å². The van der Waals surface area contributed by atoms with Gasteiger partial charge in [0.15, 0.2) is 5.15 Å². The van der Waals surface area contributed by atoms with Gasteiger partial charge in [0.25, 0.3) is 0 Å². The monoisotopic (exact) mass is 321 g/mol. The van der Waals surface area contributed by atoms with E-state index in [9.17, 15) is 4.79 Å². The lowest BCUT2D eigenvalue weighted by Gasteiger charge is -2.35. The van der Waals surface area contributed by atoms with Gasteiger partial charge in [0.05, 0.1) is 24.3 Å². The van der Waals surface area contributed by atoms with Gasteiger partial charge >= 0.3 is 0 Å². The molecule has 0 N–H and O–H groups in total. The van der Waals surface area contributed by atoms with Crippen molar-refractivity contribution >= 4 is 28.4 Å². The summed E-state index contributed by atoms with van der Waals surface area (Å²) in [5.41, 5.74) is 0.962. The Morgan fingerprint density at radius 3 is 2.73 bits per heavy atom. The van der Waals surface area contributed by atoms with E-state index in [0.717, 1.165) is 10.9 Å². The predicted octanol–water partition coefficient (Wildman–Crippen LogP) is 2.72. The van der Waals surface area contributed by atoms with Crippen molar-refractivity contribution in [1.82, 2.24) is 14.7 Å². The number of fused-ring (bicyclic) bond motifs is 1. The summed E-state index contributed by atoms with van der Waals surface area (Å²) >= 11 is 6.14. The Balaban J connectivity index is 1.67. The molecule has 22 heavy (non-hydrogen) atoms. The Bertz CT molecular complexity index is 675. The fraction of sp³-hybridized carbons (Fsp3) is 0.500. The minimum absolute atomic E-state index is 0.0904. The molecule has 1 aliphatic rings. The highest BCUT2D eigenvalue weighted by molar-refractivity contribution is 6.34. The first-order valence-corrected chi connectivity index (χ1v) is 7.96. The van der Waals surface area contributed by atoms with Gasteiger partial charge in [-0.25, -0.2) is 0 Å². The summed E-state index contributed by atoms with van der Waals surface area (Å²) in [7, 11) is 0. The fourth-order valence-electron chi connectivity index (χ4n) is 3.00. The minimum Gasteiger partial charge on any atom is -0.372 e. The maximum atomic E-state index is 12.4. The number of amides is 1. The van der Waals surface area contributed by atoms with Crippen molar-refractivity contribution in [2.75, 3.05) is 13.1 Å². The molecule has 6 heteroatoms. The topological polar surface area (TPSA) is 47.4 Å². The fourth-order valence-corrected chi connectivity index (χ4v) is 3.25. The quantitative estimate of drug-likeness (QED) is 0.873. The third-order valence-corrected chi connectivity index (χ3v) is 4.20. The molecule has 1 saturated heterocycles. The van der Waals surface area contributed by atoms with Crippen molar-refractivity contribution in [3.05, 3.63) is 29.4 Å². The predicted molar refractivity (Wildman–Crippen MR) is 85.9 cm³/mol. The molecule has 3 rings (SSSR count). The third kappa shape index (κ3) is 3.10. The molecule has 0 radical (unpaired) electrons. The molecule has 1 aliphatic heterocycles. The van der Waals surface area contributed by atoms with Crippen LogP contribution >= 0.6 is 11.6 Å². The lowest BCUT2D eigenvalue weighted by molar-refractivity contribution is -0.143. The second-order valence-corrected chi connectivity index (χ2v) is 6.20. The van der Waals surface area contributed by atoms with Crippen molar-refractivity contribution in [2.45, 2.75) is 39.0 Å². The normalized spacial score (nSPS) is 22.2. The zero-order valence-corrected chi connectivity index (χ0v) is 13.6. The molecule has 1 aromatic heterocycles. The van der Waals surface area contributed by atoms with E-state index in [4.69, 9.17) is 16.3 Å². The van der Waals surface area contributed by atoms with Gasteiger partial charge in [-0.05, 0) is 26.0 Å². The number of aromatic nitrogens is 2. The summed E-state index contributed by atoms with van der Waals surface area (Å²) in [5.74, 6) is 0.137. The molecular formula is C16H20ClN3O2. The van der Waals surface area contributed by atoms with E-state index in [0.29, 0.717) is 31.2 Å². The van der Waals surface area contributed by atoms with E-state index >= 15 is 0 Å². The third-order valence-electron chi connectivity index (χ3n) is 3.92. The zero-order chi connectivity index (χ0) is 15.7. The van der Waals surface area contributed by atoms with Crippen LogP contribution < -0.4 is 0 Å². The van der Waals surface area contributed by atoms with Gasteiger partial charge < -0.3 is 9.64 Å². The van der Waals surface area contributed by atoms with Crippen LogP contribution in [0.2, 0.25) is 5.15 Å². The number of ether oxygens (including phenoxy) is 1. The number of nitrogens with zero attached hydrogens (tertiary/aromatic N) is 3. The highest BCUT2D eigenvalue weighted by atomic mass is 35.5. The number of benzene rings is 1. The van der Waals surface area contributed by atoms with Crippen LogP contribution in [-0.2, 0) is 16.1 Å². The van der Waals surface area contributed by atoms with Gasteiger partial charge in [0.2, 0.25) is 5.91 Å². The summed E-state index contributed by atoms with van der Waals surface area (Å²) in [6.45, 7) is 5.84. The molecule has 0 aliphatic carbocycles. The number of halogens is 1. The van der Waals surface area contributed by atoms with E-state index in [1.807, 2.05) is 47.7 Å². The number of carbonyl (C=O) groups is 1. The minimum atomic E-state index is 0.0904. The number of hydrogen-bond donors (Lipinski definition) is 0. The van der Waals surface area contributed by atoms with Crippen molar-refractivity contribution < 1.29 is 9.53 Å². The molecule has 1 amide bonds. The zero-order valence-electron chi connectivity index (χ0n) is 12.8. The van der Waals surface area contributed by atoms with Crippen molar-refractivity contribution in [2.24, 2.45) is 0 Å². The maximum Gasteiger partial charge on any atom is 0.224 e. The van der Waals surface area contributed by atoms with Gasteiger partial charge in [-0.3, -0.25) is 9.48 Å².